The molecule has 3 nitrogen and oxygen atoms in total. The smallest absolute Gasteiger partial charge is 0.224 e. The first-order valence-electron chi connectivity index (χ1n) is 4.93. The molecular formula is C11H12N2OS. The van der Waals surface area contributed by atoms with Gasteiger partial charge in [-0.3, -0.25) is 4.79 Å². The van der Waals surface area contributed by atoms with Crippen LogP contribution in [0.25, 0.3) is 0 Å². The highest BCUT2D eigenvalue weighted by Crippen LogP contribution is 2.28. The minimum absolute atomic E-state index is 0.0975. The molecule has 0 spiro atoms. The first-order chi connectivity index (χ1) is 7.22. The van der Waals surface area contributed by atoms with Gasteiger partial charge in [0.2, 0.25) is 5.91 Å². The van der Waals surface area contributed by atoms with Crippen LogP contribution in [-0.4, -0.2) is 17.4 Å². The van der Waals surface area contributed by atoms with Gasteiger partial charge in [-0.05, 0) is 29.3 Å². The molecule has 2 heterocycles. The maximum Gasteiger partial charge on any atom is 0.224 e. The molecule has 2 atom stereocenters. The fourth-order valence-corrected chi connectivity index (χ4v) is 2.63. The van der Waals surface area contributed by atoms with E-state index >= 15 is 0 Å². The average molecular weight is 220 g/mol. The molecule has 0 radical (unpaired) electrons. The van der Waals surface area contributed by atoms with Crippen molar-refractivity contribution in [3.63, 3.8) is 0 Å². The summed E-state index contributed by atoms with van der Waals surface area (Å²) in [6, 6.07) is 4.29. The number of amides is 1. The minimum Gasteiger partial charge on any atom is -0.335 e. The van der Waals surface area contributed by atoms with E-state index in [-0.39, 0.29) is 17.9 Å². The zero-order valence-corrected chi connectivity index (χ0v) is 9.33. The summed E-state index contributed by atoms with van der Waals surface area (Å²) in [5.41, 5.74) is 1.16. The van der Waals surface area contributed by atoms with E-state index in [0.717, 1.165) is 5.56 Å². The normalized spacial score (nSPS) is 22.8. The molecule has 0 aromatic carbocycles. The highest BCUT2D eigenvalue weighted by atomic mass is 32.1. The molecule has 1 aromatic heterocycles. The number of carbonyl (C=O) groups is 1. The van der Waals surface area contributed by atoms with Crippen LogP contribution in [0, 0.1) is 17.2 Å². The van der Waals surface area contributed by atoms with E-state index < -0.39 is 0 Å². The topological polar surface area (TPSA) is 44.1 Å². The Morgan fingerprint density at radius 1 is 1.73 bits per heavy atom. The average Bonchev–Trinajstić information content (AvgIpc) is 2.85. The third-order valence-electron chi connectivity index (χ3n) is 2.83. The van der Waals surface area contributed by atoms with Gasteiger partial charge in [0.25, 0.3) is 0 Å². The highest BCUT2D eigenvalue weighted by Gasteiger charge is 2.33. The molecule has 78 valence electrons. The van der Waals surface area contributed by atoms with Gasteiger partial charge in [-0.2, -0.15) is 16.6 Å². The molecule has 4 heteroatoms. The van der Waals surface area contributed by atoms with E-state index in [2.05, 4.69) is 11.4 Å². The molecule has 0 saturated carbocycles. The van der Waals surface area contributed by atoms with E-state index in [1.54, 1.807) is 16.2 Å². The summed E-state index contributed by atoms with van der Waals surface area (Å²) in [6.07, 6.45) is 0.380. The highest BCUT2D eigenvalue weighted by molar-refractivity contribution is 7.07. The first-order valence-corrected chi connectivity index (χ1v) is 5.88. The van der Waals surface area contributed by atoms with E-state index in [1.807, 2.05) is 18.4 Å². The number of rotatable bonds is 2. The molecule has 1 aromatic rings. The molecule has 1 amide bonds. The van der Waals surface area contributed by atoms with Crippen LogP contribution in [0.5, 0.6) is 0 Å². The predicted molar refractivity (Wildman–Crippen MR) is 58.2 cm³/mol. The van der Waals surface area contributed by atoms with Crippen LogP contribution in [0.1, 0.15) is 24.9 Å². The van der Waals surface area contributed by atoms with Crippen LogP contribution in [0.3, 0.4) is 0 Å². The standard InChI is InChI=1S/C11H12N2OS/c1-8(10-2-3-15-7-10)13-6-9(5-12)4-11(13)14/h2-3,7-9H,4,6H2,1H3. The van der Waals surface area contributed by atoms with Crippen molar-refractivity contribution in [1.82, 2.24) is 4.90 Å². The summed E-state index contributed by atoms with van der Waals surface area (Å²) in [5.74, 6) is -0.0289. The Hall–Kier alpha value is -1.34. The monoisotopic (exact) mass is 220 g/mol. The summed E-state index contributed by atoms with van der Waals surface area (Å²) >= 11 is 1.63. The Labute approximate surface area is 92.9 Å². The second-order valence-corrected chi connectivity index (χ2v) is 4.59. The number of hydrogen-bond acceptors (Lipinski definition) is 3. The maximum absolute atomic E-state index is 11.7. The van der Waals surface area contributed by atoms with Gasteiger partial charge in [-0.15, -0.1) is 0 Å². The van der Waals surface area contributed by atoms with Crippen molar-refractivity contribution in [2.45, 2.75) is 19.4 Å². The summed E-state index contributed by atoms with van der Waals surface area (Å²) in [5, 5.41) is 12.8. The van der Waals surface area contributed by atoms with Gasteiger partial charge in [-0.25, -0.2) is 0 Å². The molecule has 0 N–H and O–H groups in total. The largest absolute Gasteiger partial charge is 0.335 e. The van der Waals surface area contributed by atoms with Gasteiger partial charge in [-0.1, -0.05) is 0 Å². The molecule has 15 heavy (non-hydrogen) atoms. The van der Waals surface area contributed by atoms with Crippen LogP contribution in [-0.2, 0) is 4.79 Å². The van der Waals surface area contributed by atoms with Crippen LogP contribution < -0.4 is 0 Å². The van der Waals surface area contributed by atoms with Crippen LogP contribution in [0.4, 0.5) is 0 Å². The third-order valence-corrected chi connectivity index (χ3v) is 3.54. The fraction of sp³-hybridized carbons (Fsp3) is 0.455. The Bertz CT molecular complexity index is 393. The van der Waals surface area contributed by atoms with Crippen molar-refractivity contribution in [3.8, 4) is 6.07 Å². The van der Waals surface area contributed by atoms with Crippen molar-refractivity contribution < 1.29 is 4.79 Å². The first kappa shape index (κ1) is 10.2. The molecule has 1 aliphatic rings. The van der Waals surface area contributed by atoms with Gasteiger partial charge < -0.3 is 4.90 Å². The second-order valence-electron chi connectivity index (χ2n) is 3.81. The molecule has 2 rings (SSSR count). The van der Waals surface area contributed by atoms with Gasteiger partial charge in [0, 0.05) is 13.0 Å². The van der Waals surface area contributed by atoms with Crippen molar-refractivity contribution in [3.05, 3.63) is 22.4 Å². The SMILES string of the molecule is CC(c1ccsc1)N1CC(C#N)CC1=O. The second kappa shape index (κ2) is 4.03. The Balaban J connectivity index is 2.12. The van der Waals surface area contributed by atoms with Gasteiger partial charge >= 0.3 is 0 Å². The van der Waals surface area contributed by atoms with Gasteiger partial charge in [0.1, 0.15) is 0 Å². The summed E-state index contributed by atoms with van der Waals surface area (Å²) in [7, 11) is 0. The number of thiophene rings is 1. The van der Waals surface area contributed by atoms with Gasteiger partial charge in [0.15, 0.2) is 0 Å². The number of likely N-dealkylation sites (tertiary alicyclic amines) is 1. The van der Waals surface area contributed by atoms with Crippen LogP contribution in [0.15, 0.2) is 16.8 Å². The zero-order valence-electron chi connectivity index (χ0n) is 8.51. The van der Waals surface area contributed by atoms with Crippen LogP contribution >= 0.6 is 11.3 Å². The Morgan fingerprint density at radius 2 is 2.53 bits per heavy atom. The lowest BCUT2D eigenvalue weighted by molar-refractivity contribution is -0.129. The predicted octanol–water partition coefficient (Wildman–Crippen LogP) is 2.18. The number of hydrogen-bond donors (Lipinski definition) is 0. The van der Waals surface area contributed by atoms with Crippen molar-refractivity contribution in [1.29, 1.82) is 5.26 Å². The fourth-order valence-electron chi connectivity index (χ4n) is 1.89. The van der Waals surface area contributed by atoms with Crippen LogP contribution in [0.2, 0.25) is 0 Å². The lowest BCUT2D eigenvalue weighted by atomic mass is 10.1. The number of nitriles is 1. The van der Waals surface area contributed by atoms with Crippen molar-refractivity contribution >= 4 is 17.2 Å². The molecular weight excluding hydrogens is 208 g/mol. The van der Waals surface area contributed by atoms with Crippen molar-refractivity contribution in [2.75, 3.05) is 6.54 Å². The quantitative estimate of drug-likeness (QED) is 0.766. The number of carbonyl (C=O) groups excluding carboxylic acids is 1. The molecule has 2 unspecified atom stereocenters. The zero-order chi connectivity index (χ0) is 10.8. The Kier molecular flexibility index (Phi) is 2.74. The lowest BCUT2D eigenvalue weighted by Gasteiger charge is -2.23. The van der Waals surface area contributed by atoms with E-state index in [0.29, 0.717) is 13.0 Å². The molecule has 0 bridgehead atoms. The van der Waals surface area contributed by atoms with E-state index in [4.69, 9.17) is 5.26 Å². The summed E-state index contributed by atoms with van der Waals surface area (Å²) in [4.78, 5) is 13.5. The van der Waals surface area contributed by atoms with E-state index in [9.17, 15) is 4.79 Å². The summed E-state index contributed by atoms with van der Waals surface area (Å²) in [6.45, 7) is 2.59. The van der Waals surface area contributed by atoms with E-state index in [1.165, 1.54) is 0 Å². The Morgan fingerprint density at radius 3 is 3.07 bits per heavy atom. The minimum atomic E-state index is -0.126. The van der Waals surface area contributed by atoms with Gasteiger partial charge in [0.05, 0.1) is 18.0 Å². The summed E-state index contributed by atoms with van der Waals surface area (Å²) < 4.78 is 0. The molecule has 1 saturated heterocycles. The van der Waals surface area contributed by atoms with Crippen molar-refractivity contribution in [2.24, 2.45) is 5.92 Å². The molecule has 1 aliphatic heterocycles. The molecule has 0 aliphatic carbocycles. The number of nitrogens with zero attached hydrogens (tertiary/aromatic N) is 2. The molecule has 1 fully saturated rings. The third kappa shape index (κ3) is 1.88. The lowest BCUT2D eigenvalue weighted by Crippen LogP contribution is -2.28. The maximum atomic E-state index is 11.7.